The second kappa shape index (κ2) is 4.46. The highest BCUT2D eigenvalue weighted by atomic mass is 15.2. The summed E-state index contributed by atoms with van der Waals surface area (Å²) in [6, 6.07) is 6.50. The lowest BCUT2D eigenvalue weighted by molar-refractivity contribution is 0.559. The maximum absolute atomic E-state index is 5.85. The van der Waals surface area contributed by atoms with E-state index in [4.69, 9.17) is 5.73 Å². The van der Waals surface area contributed by atoms with E-state index in [1.807, 2.05) is 12.4 Å². The molecule has 2 N–H and O–H groups in total. The van der Waals surface area contributed by atoms with E-state index < -0.39 is 0 Å². The van der Waals surface area contributed by atoms with Gasteiger partial charge in [0.25, 0.3) is 0 Å². The first kappa shape index (κ1) is 11.3. The third-order valence-electron chi connectivity index (χ3n) is 3.54. The first-order valence-corrected chi connectivity index (χ1v) is 6.32. The van der Waals surface area contributed by atoms with Crippen LogP contribution in [0.1, 0.15) is 17.0 Å². The average Bonchev–Trinajstić information content (AvgIpc) is 2.85. The number of aromatic nitrogens is 2. The lowest BCUT2D eigenvalue weighted by atomic mass is 10.1. The van der Waals surface area contributed by atoms with Gasteiger partial charge in [0.2, 0.25) is 0 Å². The van der Waals surface area contributed by atoms with E-state index in [9.17, 15) is 0 Å². The fourth-order valence-electron chi connectivity index (χ4n) is 2.57. The zero-order valence-electron chi connectivity index (χ0n) is 10.6. The summed E-state index contributed by atoms with van der Waals surface area (Å²) >= 11 is 0. The van der Waals surface area contributed by atoms with Gasteiger partial charge in [-0.1, -0.05) is 17.7 Å². The van der Waals surface area contributed by atoms with Crippen molar-refractivity contribution < 1.29 is 0 Å². The van der Waals surface area contributed by atoms with Crippen LogP contribution in [0.4, 0.5) is 5.69 Å². The van der Waals surface area contributed by atoms with E-state index in [0.717, 1.165) is 25.5 Å². The number of hydrogen-bond acceptors (Lipinski definition) is 3. The molecule has 1 aromatic heterocycles. The Morgan fingerprint density at radius 3 is 3.06 bits per heavy atom. The van der Waals surface area contributed by atoms with Crippen molar-refractivity contribution in [3.05, 3.63) is 47.5 Å². The van der Waals surface area contributed by atoms with Crippen molar-refractivity contribution in [1.29, 1.82) is 0 Å². The third-order valence-corrected chi connectivity index (χ3v) is 3.54. The highest BCUT2D eigenvalue weighted by Crippen LogP contribution is 2.25. The Labute approximate surface area is 107 Å². The zero-order chi connectivity index (χ0) is 12.5. The number of anilines is 1. The van der Waals surface area contributed by atoms with Crippen LogP contribution in [0, 0.1) is 6.92 Å². The molecule has 0 amide bonds. The second-order valence-electron chi connectivity index (χ2n) is 4.79. The maximum Gasteiger partial charge on any atom is 0.128 e. The normalized spacial score (nSPS) is 14.7. The highest BCUT2D eigenvalue weighted by Gasteiger charge is 2.18. The number of aryl methyl sites for hydroxylation is 1. The minimum atomic E-state index is 0.585. The summed E-state index contributed by atoms with van der Waals surface area (Å²) in [4.78, 5) is 6.76. The van der Waals surface area contributed by atoms with Crippen LogP contribution in [0.3, 0.4) is 0 Å². The quantitative estimate of drug-likeness (QED) is 0.871. The fraction of sp³-hybridized carbons (Fsp3) is 0.357. The molecule has 94 valence electrons. The van der Waals surface area contributed by atoms with Crippen LogP contribution < -0.4 is 10.6 Å². The maximum atomic E-state index is 5.85. The molecule has 0 saturated carbocycles. The summed E-state index contributed by atoms with van der Waals surface area (Å²) in [6.45, 7) is 5.56. The molecule has 4 heteroatoms. The molecule has 0 spiro atoms. The summed E-state index contributed by atoms with van der Waals surface area (Å²) < 4.78 is 2.22. The number of nitrogens with zero attached hydrogens (tertiary/aromatic N) is 3. The molecule has 0 bridgehead atoms. The number of nitrogens with two attached hydrogens (primary N) is 1. The zero-order valence-corrected chi connectivity index (χ0v) is 10.6. The fourth-order valence-corrected chi connectivity index (χ4v) is 2.57. The van der Waals surface area contributed by atoms with Gasteiger partial charge in [-0.05, 0) is 18.6 Å². The van der Waals surface area contributed by atoms with E-state index in [0.29, 0.717) is 6.54 Å². The van der Waals surface area contributed by atoms with Gasteiger partial charge in [0.15, 0.2) is 0 Å². The lowest BCUT2D eigenvalue weighted by Gasteiger charge is -2.31. The molecule has 4 nitrogen and oxygen atoms in total. The Kier molecular flexibility index (Phi) is 2.80. The summed E-state index contributed by atoms with van der Waals surface area (Å²) in [5.74, 6) is 1.13. The SMILES string of the molecule is Cc1ccc(N2CCn3ccnc3C2)c(CN)c1. The van der Waals surface area contributed by atoms with Gasteiger partial charge < -0.3 is 15.2 Å². The largest absolute Gasteiger partial charge is 0.362 e. The lowest BCUT2D eigenvalue weighted by Crippen LogP contribution is -2.34. The first-order valence-electron chi connectivity index (χ1n) is 6.32. The Balaban J connectivity index is 1.93. The van der Waals surface area contributed by atoms with Gasteiger partial charge >= 0.3 is 0 Å². The van der Waals surface area contributed by atoms with Crippen molar-refractivity contribution in [1.82, 2.24) is 9.55 Å². The molecule has 3 rings (SSSR count). The molecule has 1 aliphatic heterocycles. The van der Waals surface area contributed by atoms with E-state index in [1.165, 1.54) is 16.8 Å². The van der Waals surface area contributed by atoms with Crippen LogP contribution in [0.25, 0.3) is 0 Å². The van der Waals surface area contributed by atoms with E-state index in [2.05, 4.69) is 39.6 Å². The molecule has 0 radical (unpaired) electrons. The Morgan fingerprint density at radius 2 is 2.22 bits per heavy atom. The summed E-state index contributed by atoms with van der Waals surface area (Å²) in [5.41, 5.74) is 9.58. The number of hydrogen-bond donors (Lipinski definition) is 1. The number of rotatable bonds is 2. The van der Waals surface area contributed by atoms with E-state index in [1.54, 1.807) is 0 Å². The van der Waals surface area contributed by atoms with Crippen LogP contribution in [0.15, 0.2) is 30.6 Å². The van der Waals surface area contributed by atoms with E-state index in [-0.39, 0.29) is 0 Å². The summed E-state index contributed by atoms with van der Waals surface area (Å²) in [5, 5.41) is 0. The minimum Gasteiger partial charge on any atom is -0.362 e. The summed E-state index contributed by atoms with van der Waals surface area (Å²) in [7, 11) is 0. The van der Waals surface area contributed by atoms with Crippen molar-refractivity contribution in [3.8, 4) is 0 Å². The predicted molar refractivity (Wildman–Crippen MR) is 72.3 cm³/mol. The molecule has 0 atom stereocenters. The molecular weight excluding hydrogens is 224 g/mol. The second-order valence-corrected chi connectivity index (χ2v) is 4.79. The van der Waals surface area contributed by atoms with Crippen molar-refractivity contribution in [2.75, 3.05) is 11.4 Å². The van der Waals surface area contributed by atoms with Crippen LogP contribution in [-0.4, -0.2) is 16.1 Å². The predicted octanol–water partition coefficient (Wildman–Crippen LogP) is 1.67. The first-order chi connectivity index (χ1) is 8.78. The number of imidazole rings is 1. The molecule has 2 aromatic rings. The van der Waals surface area contributed by atoms with Crippen molar-refractivity contribution in [2.24, 2.45) is 5.73 Å². The molecule has 2 heterocycles. The van der Waals surface area contributed by atoms with Crippen molar-refractivity contribution >= 4 is 5.69 Å². The molecule has 1 aliphatic rings. The molecule has 0 unspecified atom stereocenters. The highest BCUT2D eigenvalue weighted by molar-refractivity contribution is 5.55. The van der Waals surface area contributed by atoms with Gasteiger partial charge in [-0.15, -0.1) is 0 Å². The van der Waals surface area contributed by atoms with E-state index >= 15 is 0 Å². The topological polar surface area (TPSA) is 47.1 Å². The number of fused-ring (bicyclic) bond motifs is 1. The number of benzene rings is 1. The Morgan fingerprint density at radius 1 is 1.33 bits per heavy atom. The molecule has 0 fully saturated rings. The van der Waals surface area contributed by atoms with Gasteiger partial charge in [0, 0.05) is 37.7 Å². The Hall–Kier alpha value is -1.81. The standard InChI is InChI=1S/C14H18N4/c1-11-2-3-13(12(8-11)9-15)18-7-6-17-5-4-16-14(17)10-18/h2-5,8H,6-7,9-10,15H2,1H3. The summed E-state index contributed by atoms with van der Waals surface area (Å²) in [6.07, 6.45) is 3.92. The minimum absolute atomic E-state index is 0.585. The van der Waals surface area contributed by atoms with Gasteiger partial charge in [0.1, 0.15) is 5.82 Å². The molecule has 0 saturated heterocycles. The van der Waals surface area contributed by atoms with Gasteiger partial charge in [0.05, 0.1) is 6.54 Å². The van der Waals surface area contributed by atoms with Crippen molar-refractivity contribution in [3.63, 3.8) is 0 Å². The van der Waals surface area contributed by atoms with Crippen molar-refractivity contribution in [2.45, 2.75) is 26.6 Å². The van der Waals surface area contributed by atoms with Crippen LogP contribution in [0.5, 0.6) is 0 Å². The average molecular weight is 242 g/mol. The van der Waals surface area contributed by atoms with Crippen LogP contribution in [-0.2, 0) is 19.6 Å². The van der Waals surface area contributed by atoms with Crippen LogP contribution in [0.2, 0.25) is 0 Å². The molecule has 0 aliphatic carbocycles. The van der Waals surface area contributed by atoms with Gasteiger partial charge in [-0.2, -0.15) is 0 Å². The smallest absolute Gasteiger partial charge is 0.128 e. The monoisotopic (exact) mass is 242 g/mol. The third kappa shape index (κ3) is 1.88. The molecule has 18 heavy (non-hydrogen) atoms. The van der Waals surface area contributed by atoms with Gasteiger partial charge in [-0.3, -0.25) is 0 Å². The molecule has 1 aromatic carbocycles. The van der Waals surface area contributed by atoms with Crippen LogP contribution >= 0.6 is 0 Å². The Bertz CT molecular complexity index is 559. The van der Waals surface area contributed by atoms with Gasteiger partial charge in [-0.25, -0.2) is 4.98 Å². The molecular formula is C14H18N4.